The molecule has 1 aliphatic heterocycles. The number of rotatable bonds is 4. The van der Waals surface area contributed by atoms with Gasteiger partial charge in [-0.2, -0.15) is 0 Å². The summed E-state index contributed by atoms with van der Waals surface area (Å²) in [5.74, 6) is -1.33. The summed E-state index contributed by atoms with van der Waals surface area (Å²) in [6.45, 7) is 1.28. The summed E-state index contributed by atoms with van der Waals surface area (Å²) in [5, 5.41) is 2.73. The number of nitrogens with one attached hydrogen (secondary N) is 1. The molecule has 1 unspecified atom stereocenters. The Morgan fingerprint density at radius 1 is 1.11 bits per heavy atom. The fraction of sp³-hybridized carbons (Fsp3) is 0.286. The van der Waals surface area contributed by atoms with E-state index in [0.717, 1.165) is 29.7 Å². The highest BCUT2D eigenvalue weighted by Gasteiger charge is 2.49. The van der Waals surface area contributed by atoms with Gasteiger partial charge in [-0.25, -0.2) is 9.18 Å². The minimum absolute atomic E-state index is 0.253. The third-order valence-corrected chi connectivity index (χ3v) is 5.42. The summed E-state index contributed by atoms with van der Waals surface area (Å²) in [6.07, 6.45) is 3.09. The highest BCUT2D eigenvalue weighted by atomic mass is 19.1. The van der Waals surface area contributed by atoms with Crippen molar-refractivity contribution in [3.8, 4) is 0 Å². The van der Waals surface area contributed by atoms with Crippen LogP contribution in [0.5, 0.6) is 0 Å². The molecule has 1 heterocycles. The smallest absolute Gasteiger partial charge is 0.319 e. The maximum Gasteiger partial charge on any atom is 0.325 e. The van der Waals surface area contributed by atoms with Crippen molar-refractivity contribution < 1.29 is 18.8 Å². The van der Waals surface area contributed by atoms with Gasteiger partial charge < -0.3 is 5.32 Å². The van der Waals surface area contributed by atoms with E-state index in [1.165, 1.54) is 35.4 Å². The molecule has 6 heteroatoms. The fourth-order valence-corrected chi connectivity index (χ4v) is 3.79. The Labute approximate surface area is 156 Å². The van der Waals surface area contributed by atoms with Gasteiger partial charge in [0, 0.05) is 5.56 Å². The zero-order valence-electron chi connectivity index (χ0n) is 14.9. The van der Waals surface area contributed by atoms with Crippen LogP contribution in [0.1, 0.15) is 40.4 Å². The first kappa shape index (κ1) is 17.4. The summed E-state index contributed by atoms with van der Waals surface area (Å²) in [7, 11) is 0. The number of ketones is 1. The highest BCUT2D eigenvalue weighted by Crippen LogP contribution is 2.32. The average Bonchev–Trinajstić information content (AvgIpc) is 3.20. The Bertz CT molecular complexity index is 954. The van der Waals surface area contributed by atoms with Crippen molar-refractivity contribution in [2.75, 3.05) is 6.54 Å². The van der Waals surface area contributed by atoms with Crippen LogP contribution in [-0.2, 0) is 23.2 Å². The van der Waals surface area contributed by atoms with Crippen LogP contribution in [0, 0.1) is 5.82 Å². The summed E-state index contributed by atoms with van der Waals surface area (Å²) in [5.41, 5.74) is 2.26. The molecule has 2 aromatic rings. The summed E-state index contributed by atoms with van der Waals surface area (Å²) < 4.78 is 13.0. The lowest BCUT2D eigenvalue weighted by atomic mass is 9.89. The summed E-state index contributed by atoms with van der Waals surface area (Å²) in [6, 6.07) is 10.3. The number of hydrogen-bond acceptors (Lipinski definition) is 3. The van der Waals surface area contributed by atoms with E-state index in [1.807, 2.05) is 18.2 Å². The van der Waals surface area contributed by atoms with Crippen molar-refractivity contribution in [3.63, 3.8) is 0 Å². The van der Waals surface area contributed by atoms with Crippen LogP contribution in [0.4, 0.5) is 9.18 Å². The van der Waals surface area contributed by atoms with Crippen LogP contribution in [0.3, 0.4) is 0 Å². The first-order valence-corrected chi connectivity index (χ1v) is 8.93. The zero-order chi connectivity index (χ0) is 19.2. The molecule has 2 aliphatic rings. The number of hydrogen-bond donors (Lipinski definition) is 1. The molecule has 1 fully saturated rings. The van der Waals surface area contributed by atoms with Gasteiger partial charge >= 0.3 is 6.03 Å². The zero-order valence-corrected chi connectivity index (χ0v) is 14.9. The predicted octanol–water partition coefficient (Wildman–Crippen LogP) is 2.96. The van der Waals surface area contributed by atoms with Crippen LogP contribution in [0.15, 0.2) is 42.5 Å². The second kappa shape index (κ2) is 6.30. The number of imide groups is 1. The van der Waals surface area contributed by atoms with Crippen LogP contribution < -0.4 is 5.32 Å². The van der Waals surface area contributed by atoms with Crippen LogP contribution in [0.2, 0.25) is 0 Å². The van der Waals surface area contributed by atoms with E-state index in [-0.39, 0.29) is 12.1 Å². The number of fused-ring (bicyclic) bond motifs is 1. The van der Waals surface area contributed by atoms with Crippen LogP contribution in [0.25, 0.3) is 0 Å². The van der Waals surface area contributed by atoms with Crippen molar-refractivity contribution >= 4 is 17.7 Å². The maximum atomic E-state index is 13.0. The monoisotopic (exact) mass is 366 g/mol. The topological polar surface area (TPSA) is 66.5 Å². The van der Waals surface area contributed by atoms with Gasteiger partial charge in [0.05, 0.1) is 6.54 Å². The fourth-order valence-electron chi connectivity index (χ4n) is 3.79. The SMILES string of the molecule is CC1(c2ccc3c(c2)CCC3)NC(=O)N(CC(=O)c2ccc(F)cc2)C1=O. The summed E-state index contributed by atoms with van der Waals surface area (Å²) in [4.78, 5) is 38.7. The van der Waals surface area contributed by atoms with Crippen molar-refractivity contribution in [3.05, 3.63) is 70.5 Å². The van der Waals surface area contributed by atoms with E-state index in [4.69, 9.17) is 0 Å². The molecular weight excluding hydrogens is 347 g/mol. The molecule has 1 N–H and O–H groups in total. The van der Waals surface area contributed by atoms with E-state index in [1.54, 1.807) is 6.92 Å². The number of aryl methyl sites for hydroxylation is 2. The molecule has 1 saturated heterocycles. The van der Waals surface area contributed by atoms with Crippen molar-refractivity contribution in [2.24, 2.45) is 0 Å². The molecule has 0 radical (unpaired) electrons. The molecule has 1 aliphatic carbocycles. The first-order valence-electron chi connectivity index (χ1n) is 8.93. The van der Waals surface area contributed by atoms with E-state index >= 15 is 0 Å². The molecule has 138 valence electrons. The highest BCUT2D eigenvalue weighted by molar-refractivity contribution is 6.11. The van der Waals surface area contributed by atoms with Gasteiger partial charge in [-0.15, -0.1) is 0 Å². The van der Waals surface area contributed by atoms with Crippen molar-refractivity contribution in [1.29, 1.82) is 0 Å². The van der Waals surface area contributed by atoms with Gasteiger partial charge in [-0.05, 0) is 67.1 Å². The molecule has 0 aromatic heterocycles. The number of carbonyl (C=O) groups excluding carboxylic acids is 3. The first-order chi connectivity index (χ1) is 12.9. The van der Waals surface area contributed by atoms with Crippen LogP contribution >= 0.6 is 0 Å². The van der Waals surface area contributed by atoms with Crippen molar-refractivity contribution in [2.45, 2.75) is 31.7 Å². The number of halogens is 1. The maximum absolute atomic E-state index is 13.0. The van der Waals surface area contributed by atoms with E-state index in [2.05, 4.69) is 5.32 Å². The Balaban J connectivity index is 1.58. The van der Waals surface area contributed by atoms with E-state index in [9.17, 15) is 18.8 Å². The third-order valence-electron chi connectivity index (χ3n) is 5.42. The lowest BCUT2D eigenvalue weighted by Crippen LogP contribution is -2.41. The molecule has 0 bridgehead atoms. The summed E-state index contributed by atoms with van der Waals surface area (Å²) >= 11 is 0. The molecule has 4 rings (SSSR count). The van der Waals surface area contributed by atoms with E-state index < -0.39 is 29.1 Å². The van der Waals surface area contributed by atoms with Gasteiger partial charge in [0.15, 0.2) is 5.78 Å². The van der Waals surface area contributed by atoms with Crippen LogP contribution in [-0.4, -0.2) is 29.2 Å². The second-order valence-electron chi connectivity index (χ2n) is 7.21. The molecule has 1 atom stereocenters. The molecule has 27 heavy (non-hydrogen) atoms. The molecule has 5 nitrogen and oxygen atoms in total. The van der Waals surface area contributed by atoms with Gasteiger partial charge in [0.2, 0.25) is 0 Å². The largest absolute Gasteiger partial charge is 0.325 e. The van der Waals surface area contributed by atoms with Gasteiger partial charge in [-0.1, -0.05) is 18.2 Å². The number of Topliss-reactive ketones (excluding diaryl/α,β-unsaturated/α-hetero) is 1. The van der Waals surface area contributed by atoms with Gasteiger partial charge in [-0.3, -0.25) is 14.5 Å². The number of carbonyl (C=O) groups is 3. The quantitative estimate of drug-likeness (QED) is 0.668. The Hall–Kier alpha value is -3.02. The molecule has 3 amide bonds. The molecule has 0 spiro atoms. The normalized spacial score (nSPS) is 21.3. The lowest BCUT2D eigenvalue weighted by molar-refractivity contribution is -0.130. The standard InChI is InChI=1S/C21H19FN2O3/c1-21(16-8-5-13-3-2-4-15(13)11-16)19(26)24(20(27)23-21)12-18(25)14-6-9-17(22)10-7-14/h5-11H,2-4,12H2,1H3,(H,23,27). The number of urea groups is 1. The second-order valence-corrected chi connectivity index (χ2v) is 7.21. The molecule has 0 saturated carbocycles. The number of nitrogens with zero attached hydrogens (tertiary/aromatic N) is 1. The molecule has 2 aromatic carbocycles. The Morgan fingerprint density at radius 3 is 2.56 bits per heavy atom. The van der Waals surface area contributed by atoms with Crippen molar-refractivity contribution in [1.82, 2.24) is 10.2 Å². The predicted molar refractivity (Wildman–Crippen MR) is 96.8 cm³/mol. The Kier molecular flexibility index (Phi) is 4.06. The van der Waals surface area contributed by atoms with Gasteiger partial charge in [0.25, 0.3) is 5.91 Å². The minimum Gasteiger partial charge on any atom is -0.319 e. The average molecular weight is 366 g/mol. The number of amides is 3. The number of benzene rings is 2. The Morgan fingerprint density at radius 2 is 1.81 bits per heavy atom. The lowest BCUT2D eigenvalue weighted by Gasteiger charge is -2.23. The third kappa shape index (κ3) is 2.91. The molecular formula is C21H19FN2O3. The van der Waals surface area contributed by atoms with Gasteiger partial charge in [0.1, 0.15) is 11.4 Å². The minimum atomic E-state index is -1.20. The van der Waals surface area contributed by atoms with E-state index in [0.29, 0.717) is 0 Å².